The highest BCUT2D eigenvalue weighted by atomic mass is 79.9. The van der Waals surface area contributed by atoms with Crippen molar-refractivity contribution in [1.29, 1.82) is 0 Å². The number of rotatable bonds is 3. The molecule has 0 bridgehead atoms. The second-order valence-electron chi connectivity index (χ2n) is 6.71. The lowest BCUT2D eigenvalue weighted by molar-refractivity contribution is -0.132. The van der Waals surface area contributed by atoms with E-state index < -0.39 is 29.4 Å². The molecule has 0 aliphatic carbocycles. The summed E-state index contributed by atoms with van der Waals surface area (Å²) in [4.78, 5) is 26.9. The van der Waals surface area contributed by atoms with E-state index in [1.54, 1.807) is 24.3 Å². The Morgan fingerprint density at radius 3 is 2.20 bits per heavy atom. The molecule has 1 fully saturated rings. The Balaban J connectivity index is 1.95. The van der Waals surface area contributed by atoms with E-state index in [0.29, 0.717) is 11.1 Å². The number of aliphatic hydroxyl groups excluding tert-OH is 1. The highest BCUT2D eigenvalue weighted by molar-refractivity contribution is 9.10. The molecule has 1 aliphatic heterocycles. The van der Waals surface area contributed by atoms with Crippen LogP contribution in [0, 0.1) is 11.6 Å². The van der Waals surface area contributed by atoms with Crippen molar-refractivity contribution in [2.75, 3.05) is 4.90 Å². The number of benzene rings is 3. The van der Waals surface area contributed by atoms with Crippen molar-refractivity contribution < 1.29 is 23.5 Å². The summed E-state index contributed by atoms with van der Waals surface area (Å²) in [5.74, 6) is -3.26. The highest BCUT2D eigenvalue weighted by Gasteiger charge is 2.47. The molecule has 0 spiro atoms. The van der Waals surface area contributed by atoms with Crippen LogP contribution in [0.25, 0.3) is 5.76 Å². The van der Waals surface area contributed by atoms with Gasteiger partial charge in [-0.25, -0.2) is 8.78 Å². The van der Waals surface area contributed by atoms with Crippen LogP contribution in [0.5, 0.6) is 0 Å². The summed E-state index contributed by atoms with van der Waals surface area (Å²) >= 11 is 3.30. The fraction of sp³-hybridized carbons (Fsp3) is 0.0435. The van der Waals surface area contributed by atoms with E-state index in [2.05, 4.69) is 15.9 Å². The van der Waals surface area contributed by atoms with Crippen molar-refractivity contribution in [2.45, 2.75) is 6.04 Å². The molecular weight excluding hydrogens is 456 g/mol. The Hall–Kier alpha value is -3.32. The first kappa shape index (κ1) is 20.0. The first-order valence-corrected chi connectivity index (χ1v) is 9.74. The molecule has 4 rings (SSSR count). The van der Waals surface area contributed by atoms with Gasteiger partial charge in [0, 0.05) is 15.7 Å². The predicted octanol–water partition coefficient (Wildman–Crippen LogP) is 5.35. The lowest BCUT2D eigenvalue weighted by Crippen LogP contribution is -2.29. The third-order valence-corrected chi connectivity index (χ3v) is 5.36. The van der Waals surface area contributed by atoms with Gasteiger partial charge in [0.05, 0.1) is 11.6 Å². The van der Waals surface area contributed by atoms with Crippen LogP contribution < -0.4 is 4.90 Å². The maximum absolute atomic E-state index is 13.8. The molecule has 1 N–H and O–H groups in total. The Kier molecular flexibility index (Phi) is 5.22. The topological polar surface area (TPSA) is 57.6 Å². The lowest BCUT2D eigenvalue weighted by atomic mass is 9.95. The van der Waals surface area contributed by atoms with Crippen LogP contribution in [0.2, 0.25) is 0 Å². The molecule has 30 heavy (non-hydrogen) atoms. The molecule has 0 saturated carbocycles. The number of carbonyl (C=O) groups is 2. The second kappa shape index (κ2) is 7.84. The van der Waals surface area contributed by atoms with Crippen molar-refractivity contribution in [3.63, 3.8) is 0 Å². The first-order valence-electron chi connectivity index (χ1n) is 8.95. The van der Waals surface area contributed by atoms with Gasteiger partial charge in [-0.1, -0.05) is 46.3 Å². The van der Waals surface area contributed by atoms with E-state index in [1.807, 2.05) is 0 Å². The number of hydrogen-bond acceptors (Lipinski definition) is 3. The minimum atomic E-state index is -1.05. The van der Waals surface area contributed by atoms with E-state index in [4.69, 9.17) is 0 Å². The van der Waals surface area contributed by atoms with Crippen LogP contribution in [0.4, 0.5) is 14.5 Å². The number of ketones is 1. The number of carbonyl (C=O) groups excluding carboxylic acids is 2. The minimum absolute atomic E-state index is 0.154. The van der Waals surface area contributed by atoms with Crippen LogP contribution >= 0.6 is 15.9 Å². The Morgan fingerprint density at radius 2 is 1.57 bits per heavy atom. The molecule has 1 unspecified atom stereocenters. The second-order valence-corrected chi connectivity index (χ2v) is 7.62. The van der Waals surface area contributed by atoms with E-state index in [0.717, 1.165) is 15.4 Å². The number of anilines is 1. The van der Waals surface area contributed by atoms with Crippen molar-refractivity contribution in [1.82, 2.24) is 0 Å². The normalized spacial score (nSPS) is 18.1. The third-order valence-electron chi connectivity index (χ3n) is 4.83. The summed E-state index contributed by atoms with van der Waals surface area (Å²) in [5, 5.41) is 10.9. The Bertz CT molecular complexity index is 1170. The van der Waals surface area contributed by atoms with Crippen molar-refractivity contribution in [3.8, 4) is 0 Å². The molecule has 0 radical (unpaired) electrons. The van der Waals surface area contributed by atoms with Gasteiger partial charge >= 0.3 is 0 Å². The number of Topliss-reactive ketones (excluding diaryl/α,β-unsaturated/α-hetero) is 1. The van der Waals surface area contributed by atoms with Crippen LogP contribution in [-0.4, -0.2) is 16.8 Å². The van der Waals surface area contributed by atoms with E-state index in [9.17, 15) is 23.5 Å². The predicted molar refractivity (Wildman–Crippen MR) is 112 cm³/mol. The monoisotopic (exact) mass is 469 g/mol. The van der Waals surface area contributed by atoms with Crippen LogP contribution in [0.3, 0.4) is 0 Å². The van der Waals surface area contributed by atoms with Gasteiger partial charge < -0.3 is 5.11 Å². The number of amides is 1. The van der Waals surface area contributed by atoms with Gasteiger partial charge in [-0.3, -0.25) is 14.5 Å². The van der Waals surface area contributed by atoms with Gasteiger partial charge in [-0.05, 0) is 48.0 Å². The maximum atomic E-state index is 13.8. The molecule has 3 aromatic rings. The maximum Gasteiger partial charge on any atom is 0.300 e. The van der Waals surface area contributed by atoms with Gasteiger partial charge in [0.2, 0.25) is 0 Å². The Morgan fingerprint density at radius 1 is 0.900 bits per heavy atom. The fourth-order valence-corrected chi connectivity index (χ4v) is 3.71. The smallest absolute Gasteiger partial charge is 0.300 e. The lowest BCUT2D eigenvalue weighted by Gasteiger charge is -2.25. The number of hydrogen-bond donors (Lipinski definition) is 1. The standard InChI is InChI=1S/C23H14BrF2NO3/c24-15-8-4-14(5-9-15)21(28)19-20(13-6-10-16(25)11-7-13)27(23(30)22(19)29)18-3-1-2-17(26)12-18/h1-12,20,28H/b21-19+. The molecule has 1 amide bonds. The first-order chi connectivity index (χ1) is 14.4. The molecular formula is C23H14BrF2NO3. The zero-order valence-corrected chi connectivity index (χ0v) is 16.9. The molecule has 1 atom stereocenters. The van der Waals surface area contributed by atoms with E-state index >= 15 is 0 Å². The molecule has 1 aliphatic rings. The van der Waals surface area contributed by atoms with Gasteiger partial charge in [0.25, 0.3) is 11.7 Å². The number of aliphatic hydroxyl groups is 1. The molecule has 4 nitrogen and oxygen atoms in total. The quantitative estimate of drug-likeness (QED) is 0.319. The molecule has 150 valence electrons. The molecule has 1 heterocycles. The SMILES string of the molecule is O=C1C(=O)N(c2cccc(F)c2)C(c2ccc(F)cc2)/C1=C(\O)c1ccc(Br)cc1. The highest BCUT2D eigenvalue weighted by Crippen LogP contribution is 2.42. The van der Waals surface area contributed by atoms with Crippen LogP contribution in [0.1, 0.15) is 17.2 Å². The van der Waals surface area contributed by atoms with Gasteiger partial charge in [-0.15, -0.1) is 0 Å². The summed E-state index contributed by atoms with van der Waals surface area (Å²) in [6.07, 6.45) is 0. The minimum Gasteiger partial charge on any atom is -0.507 e. The van der Waals surface area contributed by atoms with E-state index in [1.165, 1.54) is 42.5 Å². The van der Waals surface area contributed by atoms with Crippen LogP contribution in [0.15, 0.2) is 82.8 Å². The summed E-state index contributed by atoms with van der Waals surface area (Å²) in [5.41, 5.74) is 0.737. The van der Waals surface area contributed by atoms with E-state index in [-0.39, 0.29) is 17.0 Å². The summed E-state index contributed by atoms with van der Waals surface area (Å²) in [6, 6.07) is 16.0. The summed E-state index contributed by atoms with van der Waals surface area (Å²) in [7, 11) is 0. The largest absolute Gasteiger partial charge is 0.507 e. The third kappa shape index (κ3) is 3.52. The zero-order chi connectivity index (χ0) is 21.4. The Labute approximate surface area is 179 Å². The van der Waals surface area contributed by atoms with Gasteiger partial charge in [-0.2, -0.15) is 0 Å². The van der Waals surface area contributed by atoms with Gasteiger partial charge in [0.15, 0.2) is 0 Å². The van der Waals surface area contributed by atoms with Crippen molar-refractivity contribution >= 4 is 39.1 Å². The summed E-state index contributed by atoms with van der Waals surface area (Å²) in [6.45, 7) is 0. The molecule has 1 saturated heterocycles. The van der Waals surface area contributed by atoms with Gasteiger partial charge in [0.1, 0.15) is 17.4 Å². The fourth-order valence-electron chi connectivity index (χ4n) is 3.45. The zero-order valence-electron chi connectivity index (χ0n) is 15.4. The van der Waals surface area contributed by atoms with Crippen molar-refractivity contribution in [3.05, 3.63) is 106 Å². The average molecular weight is 470 g/mol. The number of nitrogens with zero attached hydrogens (tertiary/aromatic N) is 1. The molecule has 3 aromatic carbocycles. The molecule has 7 heteroatoms. The average Bonchev–Trinajstić information content (AvgIpc) is 2.99. The number of halogens is 3. The van der Waals surface area contributed by atoms with Crippen molar-refractivity contribution in [2.24, 2.45) is 0 Å². The van der Waals surface area contributed by atoms with Crippen LogP contribution in [-0.2, 0) is 9.59 Å². The molecule has 0 aromatic heterocycles. The summed E-state index contributed by atoms with van der Waals surface area (Å²) < 4.78 is 28.1.